The van der Waals surface area contributed by atoms with Crippen LogP contribution in [0.25, 0.3) is 0 Å². The Morgan fingerprint density at radius 1 is 2.00 bits per heavy atom. The second-order valence-electron chi connectivity index (χ2n) is 1.16. The van der Waals surface area contributed by atoms with Crippen LogP contribution in [0.5, 0.6) is 0 Å². The first-order valence-electron chi connectivity index (χ1n) is 1.64. The molecule has 0 saturated heterocycles. The Kier molecular flexibility index (Phi) is 2.44. The Hall–Kier alpha value is 0.137. The van der Waals surface area contributed by atoms with Gasteiger partial charge in [-0.2, -0.15) is 0 Å². The SMILES string of the molecule is NC([SiH3])CO. The zero-order valence-corrected chi connectivity index (χ0v) is 5.31. The van der Waals surface area contributed by atoms with Crippen molar-refractivity contribution < 1.29 is 5.11 Å². The summed E-state index contributed by atoms with van der Waals surface area (Å²) in [7, 11) is 0.897. The minimum Gasteiger partial charge on any atom is -0.395 e. The van der Waals surface area contributed by atoms with E-state index >= 15 is 0 Å². The fourth-order valence-electron chi connectivity index (χ4n) is 0. The Labute approximate surface area is 34.4 Å². The van der Waals surface area contributed by atoms with Crippen molar-refractivity contribution in [3.05, 3.63) is 0 Å². The fraction of sp³-hybridized carbons (Fsp3) is 1.00. The lowest BCUT2D eigenvalue weighted by atomic mass is 10.7. The van der Waals surface area contributed by atoms with Gasteiger partial charge in [0.05, 0.1) is 6.61 Å². The molecule has 1 unspecified atom stereocenters. The molecule has 0 rings (SSSR count). The van der Waals surface area contributed by atoms with Gasteiger partial charge < -0.3 is 10.8 Å². The van der Waals surface area contributed by atoms with Crippen LogP contribution < -0.4 is 5.73 Å². The van der Waals surface area contributed by atoms with Crippen molar-refractivity contribution >= 4 is 10.2 Å². The summed E-state index contributed by atoms with van der Waals surface area (Å²) in [6.07, 6.45) is 0. The molecular weight excluding hydrogens is 82.1 g/mol. The number of hydrogen-bond donors (Lipinski definition) is 2. The van der Waals surface area contributed by atoms with Crippen LogP contribution in [0.3, 0.4) is 0 Å². The van der Waals surface area contributed by atoms with Gasteiger partial charge in [-0.3, -0.25) is 0 Å². The summed E-state index contributed by atoms with van der Waals surface area (Å²) < 4.78 is 0. The zero-order valence-electron chi connectivity index (χ0n) is 3.31. The van der Waals surface area contributed by atoms with Crippen molar-refractivity contribution in [3.8, 4) is 0 Å². The van der Waals surface area contributed by atoms with E-state index in [9.17, 15) is 0 Å². The molecule has 0 fully saturated rings. The van der Waals surface area contributed by atoms with Crippen molar-refractivity contribution in [2.24, 2.45) is 5.73 Å². The van der Waals surface area contributed by atoms with Gasteiger partial charge in [0.15, 0.2) is 0 Å². The van der Waals surface area contributed by atoms with Crippen molar-refractivity contribution in [1.82, 2.24) is 0 Å². The largest absolute Gasteiger partial charge is 0.395 e. The number of aliphatic hydroxyl groups excluding tert-OH is 1. The molecule has 0 aromatic heterocycles. The van der Waals surface area contributed by atoms with Crippen LogP contribution in [0, 0.1) is 0 Å². The maximum atomic E-state index is 8.05. The second kappa shape index (κ2) is 2.38. The Morgan fingerprint density at radius 2 is 2.20 bits per heavy atom. The summed E-state index contributed by atoms with van der Waals surface area (Å²) in [5.41, 5.74) is 5.18. The van der Waals surface area contributed by atoms with Gasteiger partial charge in [-0.15, -0.1) is 0 Å². The van der Waals surface area contributed by atoms with Gasteiger partial charge in [-0.25, -0.2) is 0 Å². The highest BCUT2D eigenvalue weighted by Crippen LogP contribution is 1.54. The third kappa shape index (κ3) is 4.14. The summed E-state index contributed by atoms with van der Waals surface area (Å²) in [4.78, 5) is 0. The molecule has 0 saturated carbocycles. The molecule has 0 bridgehead atoms. The third-order valence-corrected chi connectivity index (χ3v) is 0.653. The van der Waals surface area contributed by atoms with E-state index in [0.29, 0.717) is 0 Å². The van der Waals surface area contributed by atoms with Gasteiger partial charge >= 0.3 is 0 Å². The minimum atomic E-state index is 0.0787. The quantitative estimate of drug-likeness (QED) is 0.354. The summed E-state index contributed by atoms with van der Waals surface area (Å²) in [5, 5.41) is 8.05. The lowest BCUT2D eigenvalue weighted by Gasteiger charge is -1.91. The van der Waals surface area contributed by atoms with Crippen LogP contribution >= 0.6 is 0 Å². The molecule has 3 N–H and O–H groups in total. The summed E-state index contributed by atoms with van der Waals surface area (Å²) >= 11 is 0. The molecular formula is C2H9NOSi. The summed E-state index contributed by atoms with van der Waals surface area (Å²) in [5.74, 6) is 0. The number of rotatable bonds is 1. The predicted molar refractivity (Wildman–Crippen MR) is 25.0 cm³/mol. The molecule has 0 aliphatic carbocycles. The summed E-state index contributed by atoms with van der Waals surface area (Å²) in [6.45, 7) is 0.145. The molecule has 0 amide bonds. The van der Waals surface area contributed by atoms with Gasteiger partial charge in [0.25, 0.3) is 0 Å². The average Bonchev–Trinajstić information content (AvgIpc) is 1.38. The first-order chi connectivity index (χ1) is 2.27. The van der Waals surface area contributed by atoms with Crippen LogP contribution in [-0.4, -0.2) is 27.6 Å². The van der Waals surface area contributed by atoms with E-state index in [1.54, 1.807) is 0 Å². The van der Waals surface area contributed by atoms with Gasteiger partial charge in [0.1, 0.15) is 0 Å². The normalized spacial score (nSPS) is 15.6. The van der Waals surface area contributed by atoms with Crippen LogP contribution in [0.2, 0.25) is 0 Å². The molecule has 0 aliphatic heterocycles. The molecule has 0 aromatic carbocycles. The van der Waals surface area contributed by atoms with Crippen LogP contribution in [0.15, 0.2) is 0 Å². The molecule has 0 aromatic rings. The predicted octanol–water partition coefficient (Wildman–Crippen LogP) is -2.37. The summed E-state index contributed by atoms with van der Waals surface area (Å²) in [6, 6.07) is 0. The van der Waals surface area contributed by atoms with E-state index in [-0.39, 0.29) is 12.3 Å². The number of nitrogens with two attached hydrogens (primary N) is 1. The molecule has 0 radical (unpaired) electrons. The first kappa shape index (κ1) is 5.14. The van der Waals surface area contributed by atoms with Gasteiger partial charge in [0, 0.05) is 15.9 Å². The molecule has 1 atom stereocenters. The van der Waals surface area contributed by atoms with E-state index < -0.39 is 0 Å². The smallest absolute Gasteiger partial charge is 0.0545 e. The monoisotopic (exact) mass is 91.0 g/mol. The van der Waals surface area contributed by atoms with E-state index in [2.05, 4.69) is 0 Å². The zero-order chi connectivity index (χ0) is 4.28. The first-order valence-corrected chi connectivity index (χ1v) is 2.79. The molecule has 32 valence electrons. The second-order valence-corrected chi connectivity index (χ2v) is 2.64. The van der Waals surface area contributed by atoms with E-state index in [0.717, 1.165) is 10.2 Å². The van der Waals surface area contributed by atoms with E-state index in [1.165, 1.54) is 0 Å². The van der Waals surface area contributed by atoms with Gasteiger partial charge in [-0.1, -0.05) is 0 Å². The number of hydrogen-bond acceptors (Lipinski definition) is 2. The maximum Gasteiger partial charge on any atom is 0.0545 e. The fourth-order valence-corrected chi connectivity index (χ4v) is 0. The van der Waals surface area contributed by atoms with Crippen LogP contribution in [-0.2, 0) is 0 Å². The van der Waals surface area contributed by atoms with E-state index in [1.807, 2.05) is 0 Å². The van der Waals surface area contributed by atoms with Crippen molar-refractivity contribution in [2.45, 2.75) is 5.67 Å². The minimum absolute atomic E-state index is 0.0787. The third-order valence-electron chi connectivity index (χ3n) is 0.288. The molecule has 2 nitrogen and oxygen atoms in total. The van der Waals surface area contributed by atoms with Gasteiger partial charge in [0.2, 0.25) is 0 Å². The molecule has 0 aliphatic rings. The van der Waals surface area contributed by atoms with Crippen LogP contribution in [0.4, 0.5) is 0 Å². The Morgan fingerprint density at radius 3 is 2.20 bits per heavy atom. The van der Waals surface area contributed by atoms with E-state index in [4.69, 9.17) is 10.8 Å². The highest BCUT2D eigenvalue weighted by atomic mass is 28.1. The number of aliphatic hydroxyl groups is 1. The molecule has 3 heteroatoms. The Balaban J connectivity index is 2.54. The maximum absolute atomic E-state index is 8.05. The van der Waals surface area contributed by atoms with Crippen LogP contribution in [0.1, 0.15) is 0 Å². The lowest BCUT2D eigenvalue weighted by molar-refractivity contribution is 0.294. The standard InChI is InChI=1S/C2H9NOSi/c3-2(5)1-4/h2,4H,1,3H2,5H3. The van der Waals surface area contributed by atoms with Crippen molar-refractivity contribution in [1.29, 1.82) is 0 Å². The average molecular weight is 91.2 g/mol. The highest BCUT2D eigenvalue weighted by molar-refractivity contribution is 6.11. The van der Waals surface area contributed by atoms with Crippen molar-refractivity contribution in [3.63, 3.8) is 0 Å². The topological polar surface area (TPSA) is 46.2 Å². The molecule has 0 heterocycles. The van der Waals surface area contributed by atoms with Gasteiger partial charge in [-0.05, 0) is 0 Å². The molecule has 0 spiro atoms. The highest BCUT2D eigenvalue weighted by Gasteiger charge is 1.81. The lowest BCUT2D eigenvalue weighted by Crippen LogP contribution is -2.23. The van der Waals surface area contributed by atoms with Crippen molar-refractivity contribution in [2.75, 3.05) is 6.61 Å². The molecule has 5 heavy (non-hydrogen) atoms. The Bertz CT molecular complexity index is 23.6.